The minimum atomic E-state index is -0.741. The minimum Gasteiger partial charge on any atom is -0.494 e. The number of likely N-dealkylation sites (tertiary alicyclic amines) is 1. The average Bonchev–Trinajstić information content (AvgIpc) is 2.62. The lowest BCUT2D eigenvalue weighted by molar-refractivity contribution is -0.138. The topological polar surface area (TPSA) is 46.6 Å². The second-order valence-electron chi connectivity index (χ2n) is 5.14. The number of likely N-dealkylation sites (N-methyl/N-ethyl adjacent to an activating group) is 1. The molecule has 0 aromatic heterocycles. The third-order valence-electron chi connectivity index (χ3n) is 3.62. The van der Waals surface area contributed by atoms with Gasteiger partial charge in [-0.1, -0.05) is 19.1 Å². The maximum absolute atomic E-state index is 12.2. The number of nitrogens with zero attached hydrogens (tertiary/aromatic N) is 1. The number of benzene rings is 1. The SMILES string of the molecule is CCCOc1ccc(C2(C)CC(=O)N(C)C2=O)cc1. The zero-order chi connectivity index (χ0) is 14.0. The molecule has 1 unspecified atom stereocenters. The summed E-state index contributed by atoms with van der Waals surface area (Å²) < 4.78 is 5.51. The first-order valence-corrected chi connectivity index (χ1v) is 6.53. The number of carbonyl (C=O) groups is 2. The monoisotopic (exact) mass is 261 g/mol. The molecular formula is C15H19NO3. The summed E-state index contributed by atoms with van der Waals surface area (Å²) >= 11 is 0. The fourth-order valence-electron chi connectivity index (χ4n) is 2.34. The van der Waals surface area contributed by atoms with Crippen LogP contribution in [0, 0.1) is 0 Å². The third-order valence-corrected chi connectivity index (χ3v) is 3.62. The second-order valence-corrected chi connectivity index (χ2v) is 5.14. The Morgan fingerprint density at radius 1 is 1.26 bits per heavy atom. The molecule has 1 heterocycles. The highest BCUT2D eigenvalue weighted by molar-refractivity contribution is 6.08. The molecule has 1 aromatic rings. The van der Waals surface area contributed by atoms with Gasteiger partial charge < -0.3 is 4.74 Å². The highest BCUT2D eigenvalue weighted by atomic mass is 16.5. The molecule has 0 bridgehead atoms. The van der Waals surface area contributed by atoms with Gasteiger partial charge in [0.25, 0.3) is 0 Å². The summed E-state index contributed by atoms with van der Waals surface area (Å²) in [6, 6.07) is 7.45. The largest absolute Gasteiger partial charge is 0.494 e. The summed E-state index contributed by atoms with van der Waals surface area (Å²) in [5.74, 6) is 0.526. The van der Waals surface area contributed by atoms with Crippen molar-refractivity contribution < 1.29 is 14.3 Å². The van der Waals surface area contributed by atoms with E-state index in [0.29, 0.717) is 6.61 Å². The molecule has 1 aromatic carbocycles. The van der Waals surface area contributed by atoms with Crippen molar-refractivity contribution in [2.75, 3.05) is 13.7 Å². The van der Waals surface area contributed by atoms with E-state index in [9.17, 15) is 9.59 Å². The van der Waals surface area contributed by atoms with Crippen LogP contribution in [-0.4, -0.2) is 30.4 Å². The number of hydrogen-bond acceptors (Lipinski definition) is 3. The molecule has 0 aliphatic carbocycles. The van der Waals surface area contributed by atoms with Gasteiger partial charge in [-0.05, 0) is 31.0 Å². The van der Waals surface area contributed by atoms with Crippen LogP contribution in [0.2, 0.25) is 0 Å². The molecule has 1 aliphatic rings. The van der Waals surface area contributed by atoms with E-state index in [1.54, 1.807) is 0 Å². The smallest absolute Gasteiger partial charge is 0.239 e. The molecule has 19 heavy (non-hydrogen) atoms. The van der Waals surface area contributed by atoms with Crippen LogP contribution < -0.4 is 4.74 Å². The van der Waals surface area contributed by atoms with Gasteiger partial charge >= 0.3 is 0 Å². The zero-order valence-electron chi connectivity index (χ0n) is 11.6. The maximum Gasteiger partial charge on any atom is 0.239 e. The van der Waals surface area contributed by atoms with Crippen LogP contribution in [0.1, 0.15) is 32.3 Å². The number of ether oxygens (including phenoxy) is 1. The molecule has 102 valence electrons. The summed E-state index contributed by atoms with van der Waals surface area (Å²) in [7, 11) is 1.54. The molecule has 1 fully saturated rings. The highest BCUT2D eigenvalue weighted by Gasteiger charge is 2.47. The Bertz CT molecular complexity index is 495. The molecule has 2 rings (SSSR count). The molecule has 1 aliphatic heterocycles. The zero-order valence-corrected chi connectivity index (χ0v) is 11.6. The highest BCUT2D eigenvalue weighted by Crippen LogP contribution is 2.36. The van der Waals surface area contributed by atoms with E-state index in [2.05, 4.69) is 0 Å². The lowest BCUT2D eigenvalue weighted by atomic mass is 9.81. The van der Waals surface area contributed by atoms with E-state index in [1.807, 2.05) is 38.1 Å². The summed E-state index contributed by atoms with van der Waals surface area (Å²) in [5, 5.41) is 0. The maximum atomic E-state index is 12.2. The van der Waals surface area contributed by atoms with Crippen molar-refractivity contribution in [2.24, 2.45) is 0 Å². The van der Waals surface area contributed by atoms with Crippen LogP contribution in [0.4, 0.5) is 0 Å². The molecule has 0 saturated carbocycles. The van der Waals surface area contributed by atoms with Gasteiger partial charge in [-0.15, -0.1) is 0 Å². The lowest BCUT2D eigenvalue weighted by Crippen LogP contribution is -2.34. The number of carbonyl (C=O) groups excluding carboxylic acids is 2. The summed E-state index contributed by atoms with van der Waals surface area (Å²) in [4.78, 5) is 25.0. The molecule has 0 radical (unpaired) electrons. The second kappa shape index (κ2) is 5.03. The molecule has 2 amide bonds. The van der Waals surface area contributed by atoms with E-state index < -0.39 is 5.41 Å². The first-order chi connectivity index (χ1) is 8.99. The third kappa shape index (κ3) is 2.35. The van der Waals surface area contributed by atoms with Gasteiger partial charge in [0.15, 0.2) is 0 Å². The van der Waals surface area contributed by atoms with Gasteiger partial charge in [-0.25, -0.2) is 0 Å². The van der Waals surface area contributed by atoms with E-state index in [1.165, 1.54) is 11.9 Å². The number of imide groups is 1. The van der Waals surface area contributed by atoms with Crippen molar-refractivity contribution >= 4 is 11.8 Å². The van der Waals surface area contributed by atoms with E-state index >= 15 is 0 Å². The predicted molar refractivity (Wildman–Crippen MR) is 72.0 cm³/mol. The fourth-order valence-corrected chi connectivity index (χ4v) is 2.34. The first-order valence-electron chi connectivity index (χ1n) is 6.53. The molecule has 0 spiro atoms. The van der Waals surface area contributed by atoms with Crippen LogP contribution in [0.5, 0.6) is 5.75 Å². The summed E-state index contributed by atoms with van der Waals surface area (Å²) in [5.41, 5.74) is 0.119. The lowest BCUT2D eigenvalue weighted by Gasteiger charge is -2.21. The molecule has 1 saturated heterocycles. The Kier molecular flexibility index (Phi) is 3.60. The van der Waals surface area contributed by atoms with Crippen molar-refractivity contribution in [2.45, 2.75) is 32.1 Å². The van der Waals surface area contributed by atoms with Gasteiger partial charge in [0.05, 0.1) is 12.0 Å². The normalized spacial score (nSPS) is 23.0. The van der Waals surface area contributed by atoms with Gasteiger partial charge in [0.1, 0.15) is 5.75 Å². The van der Waals surface area contributed by atoms with Crippen LogP contribution in [0.3, 0.4) is 0 Å². The number of rotatable bonds is 4. The Balaban J connectivity index is 2.22. The van der Waals surface area contributed by atoms with Gasteiger partial charge in [0, 0.05) is 13.5 Å². The van der Waals surface area contributed by atoms with Crippen molar-refractivity contribution in [1.29, 1.82) is 0 Å². The van der Waals surface area contributed by atoms with Gasteiger partial charge in [0.2, 0.25) is 11.8 Å². The van der Waals surface area contributed by atoms with Crippen molar-refractivity contribution in [3.63, 3.8) is 0 Å². The Hall–Kier alpha value is -1.84. The molecule has 4 nitrogen and oxygen atoms in total. The Morgan fingerprint density at radius 2 is 1.89 bits per heavy atom. The predicted octanol–water partition coefficient (Wildman–Crippen LogP) is 2.12. The summed E-state index contributed by atoms with van der Waals surface area (Å²) in [6.07, 6.45) is 1.19. The van der Waals surface area contributed by atoms with E-state index in [0.717, 1.165) is 17.7 Å². The minimum absolute atomic E-state index is 0.126. The van der Waals surface area contributed by atoms with Crippen LogP contribution >= 0.6 is 0 Å². The summed E-state index contributed by atoms with van der Waals surface area (Å²) in [6.45, 7) is 4.55. The van der Waals surface area contributed by atoms with Gasteiger partial charge in [-0.2, -0.15) is 0 Å². The van der Waals surface area contributed by atoms with Crippen molar-refractivity contribution in [3.05, 3.63) is 29.8 Å². The quantitative estimate of drug-likeness (QED) is 0.780. The van der Waals surface area contributed by atoms with Crippen molar-refractivity contribution in [1.82, 2.24) is 4.90 Å². The average molecular weight is 261 g/mol. The van der Waals surface area contributed by atoms with Crippen molar-refractivity contribution in [3.8, 4) is 5.75 Å². The number of amides is 2. The standard InChI is InChI=1S/C15H19NO3/c1-4-9-19-12-7-5-11(6-8-12)15(2)10-13(17)16(3)14(15)18/h5-8H,4,9-10H2,1-3H3. The first kappa shape index (κ1) is 13.6. The molecule has 4 heteroatoms. The van der Waals surface area contributed by atoms with Gasteiger partial charge in [-0.3, -0.25) is 14.5 Å². The Labute approximate surface area is 113 Å². The molecule has 1 atom stereocenters. The van der Waals surface area contributed by atoms with Crippen LogP contribution in [0.25, 0.3) is 0 Å². The van der Waals surface area contributed by atoms with E-state index in [-0.39, 0.29) is 18.2 Å². The Morgan fingerprint density at radius 3 is 2.37 bits per heavy atom. The molecule has 0 N–H and O–H groups in total. The molecular weight excluding hydrogens is 242 g/mol. The fraction of sp³-hybridized carbons (Fsp3) is 0.467. The van der Waals surface area contributed by atoms with Crippen LogP contribution in [0.15, 0.2) is 24.3 Å². The van der Waals surface area contributed by atoms with E-state index in [4.69, 9.17) is 4.74 Å². The van der Waals surface area contributed by atoms with Crippen LogP contribution in [-0.2, 0) is 15.0 Å². The number of hydrogen-bond donors (Lipinski definition) is 0.